The number of hydrogen-bond acceptors (Lipinski definition) is 8. The third kappa shape index (κ3) is 6.03. The van der Waals surface area contributed by atoms with Crippen LogP contribution in [0.2, 0.25) is 0 Å². The molecule has 15 heteroatoms. The summed E-state index contributed by atoms with van der Waals surface area (Å²) in [7, 11) is 1.73. The molecule has 1 fully saturated rings. The van der Waals surface area contributed by atoms with Crippen LogP contribution in [0, 0.1) is 11.6 Å². The summed E-state index contributed by atoms with van der Waals surface area (Å²) in [5.74, 6) is -1.29. The van der Waals surface area contributed by atoms with Gasteiger partial charge in [0.2, 0.25) is 6.43 Å². The number of nitrogens with one attached hydrogen (secondary N) is 1. The van der Waals surface area contributed by atoms with Crippen LogP contribution >= 0.6 is 0 Å². The molecule has 3 N–H and O–H groups in total. The number of halogens is 4. The highest BCUT2D eigenvalue weighted by Crippen LogP contribution is 2.34. The molecule has 1 atom stereocenters. The van der Waals surface area contributed by atoms with Crippen LogP contribution in [-0.2, 0) is 13.6 Å². The average molecular weight is 659 g/mol. The largest absolute Gasteiger partial charge is 0.368 e. The molecule has 0 saturated carbocycles. The Morgan fingerprint density at radius 1 is 1.06 bits per heavy atom. The lowest BCUT2D eigenvalue weighted by Gasteiger charge is -2.42. The summed E-state index contributed by atoms with van der Waals surface area (Å²) in [6.45, 7) is 0.940. The number of rotatable bonds is 8. The van der Waals surface area contributed by atoms with Gasteiger partial charge in [-0.25, -0.2) is 32.5 Å². The molecule has 1 aliphatic rings. The maximum absolute atomic E-state index is 15.5. The number of aromatic nitrogens is 7. The third-order valence-electron chi connectivity index (χ3n) is 8.67. The van der Waals surface area contributed by atoms with Crippen molar-refractivity contribution < 1.29 is 22.4 Å². The topological polar surface area (TPSA) is 133 Å². The number of anilines is 2. The molecule has 246 valence electrons. The van der Waals surface area contributed by atoms with Crippen molar-refractivity contribution in [2.45, 2.75) is 37.8 Å². The fourth-order valence-electron chi connectivity index (χ4n) is 6.31. The molecule has 0 unspecified atom stereocenters. The zero-order valence-electron chi connectivity index (χ0n) is 25.7. The van der Waals surface area contributed by atoms with E-state index in [1.807, 2.05) is 4.90 Å². The normalized spacial score (nSPS) is 16.7. The van der Waals surface area contributed by atoms with Crippen molar-refractivity contribution in [3.05, 3.63) is 90.3 Å². The number of imidazole rings is 1. The standard InChI is InChI=1S/C33H30F4N10O/c1-45-26-11-24(35)23(9-20(26)13-43-45)25-10-21(27(14-39-25)46-8-2-7-33(38,16-46)12-28(36)37)15-47-18-42-29-30(40-17-41-31(29)47)44-32(48)19-3-5-22(34)6-4-19/h3-6,9-11,13-14,17-18,28H,2,7-8,12,15-16,38H2,1H3,(H,40,41,44,48)/t33-/m0/s1. The first kappa shape index (κ1) is 31.2. The molecular weight excluding hydrogens is 628 g/mol. The Morgan fingerprint density at radius 3 is 2.67 bits per heavy atom. The second-order valence-electron chi connectivity index (χ2n) is 12.1. The van der Waals surface area contributed by atoms with Crippen LogP contribution in [0.5, 0.6) is 0 Å². The van der Waals surface area contributed by atoms with Crippen LogP contribution in [-0.4, -0.2) is 65.2 Å². The molecule has 7 rings (SSSR count). The first-order valence-corrected chi connectivity index (χ1v) is 15.2. The summed E-state index contributed by atoms with van der Waals surface area (Å²) < 4.78 is 59.1. The molecule has 0 aliphatic carbocycles. The lowest BCUT2D eigenvalue weighted by atomic mass is 9.86. The van der Waals surface area contributed by atoms with Crippen molar-refractivity contribution in [1.82, 2.24) is 34.3 Å². The maximum Gasteiger partial charge on any atom is 0.256 e. The van der Waals surface area contributed by atoms with Gasteiger partial charge in [-0.2, -0.15) is 5.10 Å². The summed E-state index contributed by atoms with van der Waals surface area (Å²) in [6.07, 6.45) is 4.18. The van der Waals surface area contributed by atoms with Gasteiger partial charge >= 0.3 is 0 Å². The molecule has 1 saturated heterocycles. The van der Waals surface area contributed by atoms with Crippen LogP contribution in [0.25, 0.3) is 33.3 Å². The average Bonchev–Trinajstić information content (AvgIpc) is 3.63. The lowest BCUT2D eigenvalue weighted by molar-refractivity contribution is 0.0982. The quantitative estimate of drug-likeness (QED) is 0.211. The smallest absolute Gasteiger partial charge is 0.256 e. The van der Waals surface area contributed by atoms with Crippen molar-refractivity contribution in [2.24, 2.45) is 12.8 Å². The number of alkyl halides is 2. The van der Waals surface area contributed by atoms with Crippen LogP contribution in [0.3, 0.4) is 0 Å². The molecular formula is C33H30F4N10O. The number of benzene rings is 2. The minimum absolute atomic E-state index is 0.159. The van der Waals surface area contributed by atoms with Gasteiger partial charge in [-0.3, -0.25) is 14.5 Å². The van der Waals surface area contributed by atoms with Gasteiger partial charge in [0.1, 0.15) is 18.0 Å². The van der Waals surface area contributed by atoms with Crippen LogP contribution < -0.4 is 16.0 Å². The predicted octanol–water partition coefficient (Wildman–Crippen LogP) is 5.31. The highest BCUT2D eigenvalue weighted by Gasteiger charge is 2.35. The highest BCUT2D eigenvalue weighted by molar-refractivity contribution is 6.06. The molecule has 0 bridgehead atoms. The minimum atomic E-state index is -2.55. The van der Waals surface area contributed by atoms with E-state index in [9.17, 15) is 18.0 Å². The summed E-state index contributed by atoms with van der Waals surface area (Å²) in [6, 6.07) is 9.95. The lowest BCUT2D eigenvalue weighted by Crippen LogP contribution is -2.55. The predicted molar refractivity (Wildman–Crippen MR) is 172 cm³/mol. The maximum atomic E-state index is 15.5. The molecule has 5 heterocycles. The van der Waals surface area contributed by atoms with E-state index < -0.39 is 35.9 Å². The Kier molecular flexibility index (Phi) is 7.99. The number of fused-ring (bicyclic) bond motifs is 2. The van der Waals surface area contributed by atoms with E-state index in [-0.39, 0.29) is 30.0 Å². The third-order valence-corrected chi connectivity index (χ3v) is 8.67. The van der Waals surface area contributed by atoms with Gasteiger partial charge in [-0.15, -0.1) is 0 Å². The molecule has 0 radical (unpaired) electrons. The summed E-state index contributed by atoms with van der Waals surface area (Å²) in [5, 5.41) is 7.67. The first-order valence-electron chi connectivity index (χ1n) is 15.2. The van der Waals surface area contributed by atoms with Crippen molar-refractivity contribution >= 4 is 39.5 Å². The minimum Gasteiger partial charge on any atom is -0.368 e. The van der Waals surface area contributed by atoms with E-state index in [1.54, 1.807) is 47.2 Å². The molecule has 11 nitrogen and oxygen atoms in total. The van der Waals surface area contributed by atoms with Gasteiger partial charge in [0, 0.05) is 54.7 Å². The van der Waals surface area contributed by atoms with Gasteiger partial charge in [-0.1, -0.05) is 0 Å². The van der Waals surface area contributed by atoms with Gasteiger partial charge < -0.3 is 20.5 Å². The molecule has 6 aromatic rings. The SMILES string of the molecule is Cn1ncc2cc(-c3cc(Cn4cnc5c(NC(=O)c6ccc(F)cc6)ncnc54)c(N4CCC[C@](N)(CC(F)F)C4)cn3)c(F)cc21. The summed E-state index contributed by atoms with van der Waals surface area (Å²) in [5.41, 5.74) is 8.95. The fraction of sp³-hybridized carbons (Fsp3) is 0.273. The number of carbonyl (C=O) groups excluding carboxylic acids is 1. The Morgan fingerprint density at radius 2 is 1.88 bits per heavy atom. The van der Waals surface area contributed by atoms with Crippen molar-refractivity contribution in [1.29, 1.82) is 0 Å². The van der Waals surface area contributed by atoms with E-state index in [1.165, 1.54) is 36.7 Å². The number of pyridine rings is 1. The van der Waals surface area contributed by atoms with Gasteiger partial charge in [0.25, 0.3) is 5.91 Å². The van der Waals surface area contributed by atoms with Gasteiger partial charge in [0.15, 0.2) is 17.0 Å². The van der Waals surface area contributed by atoms with Crippen molar-refractivity contribution in [3.8, 4) is 11.3 Å². The Bertz CT molecular complexity index is 2150. The van der Waals surface area contributed by atoms with E-state index >= 15 is 4.39 Å². The van der Waals surface area contributed by atoms with E-state index in [2.05, 4.69) is 30.4 Å². The fourth-order valence-corrected chi connectivity index (χ4v) is 6.31. The van der Waals surface area contributed by atoms with Crippen LogP contribution in [0.1, 0.15) is 35.2 Å². The van der Waals surface area contributed by atoms with E-state index in [4.69, 9.17) is 5.73 Å². The number of carbonyl (C=O) groups is 1. The Balaban J connectivity index is 1.27. The van der Waals surface area contributed by atoms with Crippen molar-refractivity contribution in [2.75, 3.05) is 23.3 Å². The number of nitrogens with zero attached hydrogens (tertiary/aromatic N) is 8. The second kappa shape index (κ2) is 12.3. The van der Waals surface area contributed by atoms with Gasteiger partial charge in [-0.05, 0) is 54.8 Å². The molecule has 2 aromatic carbocycles. The molecule has 0 spiro atoms. The van der Waals surface area contributed by atoms with Crippen LogP contribution in [0.15, 0.2) is 67.5 Å². The number of hydrogen-bond donors (Lipinski definition) is 2. The van der Waals surface area contributed by atoms with Crippen molar-refractivity contribution in [3.63, 3.8) is 0 Å². The van der Waals surface area contributed by atoms with Gasteiger partial charge in [0.05, 0.1) is 42.2 Å². The zero-order chi connectivity index (χ0) is 33.6. The second-order valence-corrected chi connectivity index (χ2v) is 12.1. The summed E-state index contributed by atoms with van der Waals surface area (Å²) >= 11 is 0. The molecule has 1 aliphatic heterocycles. The first-order chi connectivity index (χ1) is 23.1. The monoisotopic (exact) mass is 658 g/mol. The summed E-state index contributed by atoms with van der Waals surface area (Å²) in [4.78, 5) is 32.5. The number of aryl methyl sites for hydroxylation is 1. The molecule has 4 aromatic heterocycles. The van der Waals surface area contributed by atoms with Crippen LogP contribution in [0.4, 0.5) is 29.1 Å². The zero-order valence-corrected chi connectivity index (χ0v) is 25.7. The number of amides is 1. The number of piperidine rings is 1. The van der Waals surface area contributed by atoms with E-state index in [0.717, 1.165) is 5.39 Å². The Labute approximate surface area is 271 Å². The Hall–Kier alpha value is -5.44. The molecule has 1 amide bonds. The highest BCUT2D eigenvalue weighted by atomic mass is 19.3. The molecule has 48 heavy (non-hydrogen) atoms. The van der Waals surface area contributed by atoms with E-state index in [0.29, 0.717) is 53.0 Å². The number of nitrogens with two attached hydrogens (primary N) is 1.